The molecule has 98 valence electrons. The number of nitrogens with zero attached hydrogens (tertiary/aromatic N) is 2. The SMILES string of the molecule is CCC1CN(CCC2COCCN2)C(=O)N1C. The Labute approximate surface area is 103 Å². The summed E-state index contributed by atoms with van der Waals surface area (Å²) in [6.07, 6.45) is 2.01. The molecule has 1 N–H and O–H groups in total. The Kier molecular flexibility index (Phi) is 4.23. The van der Waals surface area contributed by atoms with Crippen molar-refractivity contribution in [2.24, 2.45) is 0 Å². The van der Waals surface area contributed by atoms with Crippen molar-refractivity contribution >= 4 is 6.03 Å². The molecule has 0 radical (unpaired) electrons. The minimum atomic E-state index is 0.175. The molecule has 0 spiro atoms. The number of nitrogens with one attached hydrogen (secondary N) is 1. The van der Waals surface area contributed by atoms with E-state index in [0.29, 0.717) is 12.1 Å². The zero-order valence-corrected chi connectivity index (χ0v) is 10.8. The first-order valence-electron chi connectivity index (χ1n) is 6.55. The van der Waals surface area contributed by atoms with Crippen LogP contribution in [0.4, 0.5) is 4.79 Å². The fourth-order valence-corrected chi connectivity index (χ4v) is 2.54. The van der Waals surface area contributed by atoms with Crippen LogP contribution < -0.4 is 5.32 Å². The molecule has 2 rings (SSSR count). The van der Waals surface area contributed by atoms with Gasteiger partial charge in [0.15, 0.2) is 0 Å². The average molecular weight is 241 g/mol. The zero-order valence-electron chi connectivity index (χ0n) is 10.8. The Morgan fingerprint density at radius 2 is 2.35 bits per heavy atom. The second kappa shape index (κ2) is 5.69. The lowest BCUT2D eigenvalue weighted by Gasteiger charge is -2.25. The summed E-state index contributed by atoms with van der Waals surface area (Å²) in [4.78, 5) is 15.8. The first kappa shape index (κ1) is 12.6. The molecule has 2 heterocycles. The number of amides is 2. The molecule has 2 fully saturated rings. The topological polar surface area (TPSA) is 44.8 Å². The van der Waals surface area contributed by atoms with Gasteiger partial charge in [-0.15, -0.1) is 0 Å². The number of morpholine rings is 1. The van der Waals surface area contributed by atoms with Crippen molar-refractivity contribution in [1.82, 2.24) is 15.1 Å². The lowest BCUT2D eigenvalue weighted by atomic mass is 10.2. The van der Waals surface area contributed by atoms with Gasteiger partial charge in [0.05, 0.1) is 19.3 Å². The molecule has 0 aromatic heterocycles. The molecule has 5 nitrogen and oxygen atoms in total. The molecule has 17 heavy (non-hydrogen) atoms. The van der Waals surface area contributed by atoms with E-state index in [0.717, 1.165) is 45.7 Å². The maximum atomic E-state index is 11.9. The van der Waals surface area contributed by atoms with Crippen molar-refractivity contribution in [3.8, 4) is 0 Å². The van der Waals surface area contributed by atoms with E-state index in [1.54, 1.807) is 0 Å². The van der Waals surface area contributed by atoms with Gasteiger partial charge in [0.1, 0.15) is 0 Å². The molecule has 2 atom stereocenters. The summed E-state index contributed by atoms with van der Waals surface area (Å²) in [7, 11) is 1.90. The Morgan fingerprint density at radius 1 is 1.53 bits per heavy atom. The quantitative estimate of drug-likeness (QED) is 0.780. The number of likely N-dealkylation sites (N-methyl/N-ethyl adjacent to an activating group) is 1. The Hall–Kier alpha value is -0.810. The fourth-order valence-electron chi connectivity index (χ4n) is 2.54. The van der Waals surface area contributed by atoms with Gasteiger partial charge in [0.2, 0.25) is 0 Å². The van der Waals surface area contributed by atoms with Crippen LogP contribution in [0.15, 0.2) is 0 Å². The molecule has 0 saturated carbocycles. The van der Waals surface area contributed by atoms with E-state index in [-0.39, 0.29) is 6.03 Å². The summed E-state index contributed by atoms with van der Waals surface area (Å²) in [5.41, 5.74) is 0. The second-order valence-electron chi connectivity index (χ2n) is 4.92. The Balaban J connectivity index is 1.77. The van der Waals surface area contributed by atoms with E-state index >= 15 is 0 Å². The van der Waals surface area contributed by atoms with E-state index in [1.807, 2.05) is 16.8 Å². The molecular formula is C12H23N3O2. The van der Waals surface area contributed by atoms with Gasteiger partial charge in [-0.25, -0.2) is 4.79 Å². The van der Waals surface area contributed by atoms with Gasteiger partial charge in [0.25, 0.3) is 0 Å². The number of rotatable bonds is 4. The highest BCUT2D eigenvalue weighted by molar-refractivity contribution is 5.76. The van der Waals surface area contributed by atoms with Gasteiger partial charge >= 0.3 is 6.03 Å². The summed E-state index contributed by atoms with van der Waals surface area (Å²) in [5.74, 6) is 0. The predicted molar refractivity (Wildman–Crippen MR) is 66.0 cm³/mol. The van der Waals surface area contributed by atoms with Gasteiger partial charge in [-0.05, 0) is 12.8 Å². The number of ether oxygens (including phenoxy) is 1. The van der Waals surface area contributed by atoms with Gasteiger partial charge in [-0.2, -0.15) is 0 Å². The standard InChI is InChI=1S/C12H23N3O2/c1-3-11-8-15(12(16)14(11)2)6-4-10-9-17-7-5-13-10/h10-11,13H,3-9H2,1-2H3. The van der Waals surface area contributed by atoms with Crippen LogP contribution >= 0.6 is 0 Å². The molecule has 2 aliphatic heterocycles. The minimum absolute atomic E-state index is 0.175. The van der Waals surface area contributed by atoms with Crippen LogP contribution in [0, 0.1) is 0 Å². The lowest BCUT2D eigenvalue weighted by molar-refractivity contribution is 0.0717. The zero-order chi connectivity index (χ0) is 12.3. The van der Waals surface area contributed by atoms with Crippen molar-refractivity contribution in [2.75, 3.05) is 39.9 Å². The van der Waals surface area contributed by atoms with E-state index in [2.05, 4.69) is 12.2 Å². The molecule has 0 aliphatic carbocycles. The molecule has 2 saturated heterocycles. The summed E-state index contributed by atoms with van der Waals surface area (Å²) in [5, 5.41) is 3.42. The largest absolute Gasteiger partial charge is 0.379 e. The van der Waals surface area contributed by atoms with Gasteiger partial charge < -0.3 is 19.9 Å². The molecule has 2 amide bonds. The van der Waals surface area contributed by atoms with Gasteiger partial charge in [-0.3, -0.25) is 0 Å². The molecule has 0 aromatic rings. The van der Waals surface area contributed by atoms with Crippen molar-refractivity contribution in [3.63, 3.8) is 0 Å². The number of hydrogen-bond acceptors (Lipinski definition) is 3. The van der Waals surface area contributed by atoms with Gasteiger partial charge in [-0.1, -0.05) is 6.92 Å². The number of carbonyl (C=O) groups excluding carboxylic acids is 1. The smallest absolute Gasteiger partial charge is 0.320 e. The predicted octanol–water partition coefficient (Wildman–Crippen LogP) is 0.511. The minimum Gasteiger partial charge on any atom is -0.379 e. The normalized spacial score (nSPS) is 30.1. The van der Waals surface area contributed by atoms with Crippen LogP contribution in [-0.2, 0) is 4.74 Å². The fraction of sp³-hybridized carbons (Fsp3) is 0.917. The third kappa shape index (κ3) is 2.90. The van der Waals surface area contributed by atoms with Crippen LogP contribution in [0.5, 0.6) is 0 Å². The monoisotopic (exact) mass is 241 g/mol. The van der Waals surface area contributed by atoms with Crippen LogP contribution in [0.1, 0.15) is 19.8 Å². The van der Waals surface area contributed by atoms with E-state index in [4.69, 9.17) is 4.74 Å². The van der Waals surface area contributed by atoms with E-state index in [9.17, 15) is 4.79 Å². The molecule has 2 aliphatic rings. The van der Waals surface area contributed by atoms with Crippen molar-refractivity contribution in [2.45, 2.75) is 31.8 Å². The molecule has 0 bridgehead atoms. The third-order valence-electron chi connectivity index (χ3n) is 3.77. The highest BCUT2D eigenvalue weighted by Crippen LogP contribution is 2.17. The van der Waals surface area contributed by atoms with Crippen LogP contribution in [0.3, 0.4) is 0 Å². The maximum absolute atomic E-state index is 11.9. The van der Waals surface area contributed by atoms with Crippen LogP contribution in [0.25, 0.3) is 0 Å². The average Bonchev–Trinajstić information content (AvgIpc) is 2.65. The van der Waals surface area contributed by atoms with Crippen LogP contribution in [-0.4, -0.2) is 67.8 Å². The van der Waals surface area contributed by atoms with Gasteiger partial charge in [0, 0.05) is 32.7 Å². The maximum Gasteiger partial charge on any atom is 0.320 e. The lowest BCUT2D eigenvalue weighted by Crippen LogP contribution is -2.43. The third-order valence-corrected chi connectivity index (χ3v) is 3.77. The summed E-state index contributed by atoms with van der Waals surface area (Å²) >= 11 is 0. The number of hydrogen-bond donors (Lipinski definition) is 1. The summed E-state index contributed by atoms with van der Waals surface area (Å²) in [6, 6.07) is 0.967. The van der Waals surface area contributed by atoms with Crippen LogP contribution in [0.2, 0.25) is 0 Å². The van der Waals surface area contributed by atoms with Crippen molar-refractivity contribution in [1.29, 1.82) is 0 Å². The molecule has 2 unspecified atom stereocenters. The number of carbonyl (C=O) groups is 1. The highest BCUT2D eigenvalue weighted by Gasteiger charge is 2.33. The Bertz CT molecular complexity index is 266. The molecular weight excluding hydrogens is 218 g/mol. The molecule has 0 aromatic carbocycles. The van der Waals surface area contributed by atoms with E-state index < -0.39 is 0 Å². The van der Waals surface area contributed by atoms with E-state index in [1.165, 1.54) is 0 Å². The Morgan fingerprint density at radius 3 is 2.94 bits per heavy atom. The summed E-state index contributed by atoms with van der Waals surface area (Å²) < 4.78 is 5.41. The van der Waals surface area contributed by atoms with Crippen molar-refractivity contribution < 1.29 is 9.53 Å². The number of urea groups is 1. The van der Waals surface area contributed by atoms with Crippen molar-refractivity contribution in [3.05, 3.63) is 0 Å². The highest BCUT2D eigenvalue weighted by atomic mass is 16.5. The molecule has 5 heteroatoms. The summed E-state index contributed by atoms with van der Waals surface area (Å²) in [6.45, 7) is 6.35. The first-order valence-corrected chi connectivity index (χ1v) is 6.55. The first-order chi connectivity index (χ1) is 8.22. The second-order valence-corrected chi connectivity index (χ2v) is 4.92.